The third-order valence-electron chi connectivity index (χ3n) is 6.72. The van der Waals surface area contributed by atoms with Crippen molar-refractivity contribution in [2.75, 3.05) is 19.6 Å². The Balaban J connectivity index is 1.48. The Kier molecular flexibility index (Phi) is 6.35. The van der Waals surface area contributed by atoms with Crippen molar-refractivity contribution in [1.82, 2.24) is 19.8 Å². The zero-order valence-electron chi connectivity index (χ0n) is 18.5. The first-order valence-electron chi connectivity index (χ1n) is 11.8. The van der Waals surface area contributed by atoms with E-state index in [1.165, 1.54) is 18.4 Å². The standard InChI is InChI=1S/C27H31N4O/c32-27(30-17-16-28-19-24(30)18-21-10-4-1-5-11-21)25-26(22-12-6-2-7-13-22)31(20-29-25)23-14-8-3-9-15-23/h1-2,4-7,10-14,20,23-24,28H,3,8-9,15-19H2/t23-,24+/m0/s1. The van der Waals surface area contributed by atoms with Gasteiger partial charge in [0.05, 0.1) is 12.0 Å². The molecule has 32 heavy (non-hydrogen) atoms. The molecule has 2 aliphatic rings. The normalized spacial score (nSPS) is 19.8. The van der Waals surface area contributed by atoms with Crippen LogP contribution in [0.25, 0.3) is 11.3 Å². The maximum absolute atomic E-state index is 13.9. The molecule has 2 heterocycles. The van der Waals surface area contributed by atoms with Gasteiger partial charge in [0.25, 0.3) is 5.91 Å². The predicted molar refractivity (Wildman–Crippen MR) is 127 cm³/mol. The van der Waals surface area contributed by atoms with Crippen LogP contribution in [0.5, 0.6) is 0 Å². The lowest BCUT2D eigenvalue weighted by Crippen LogP contribution is -2.54. The second kappa shape index (κ2) is 9.70. The predicted octanol–water partition coefficient (Wildman–Crippen LogP) is 4.53. The Morgan fingerprint density at radius 3 is 2.56 bits per heavy atom. The zero-order valence-corrected chi connectivity index (χ0v) is 18.5. The topological polar surface area (TPSA) is 50.2 Å². The Morgan fingerprint density at radius 1 is 1.03 bits per heavy atom. The lowest BCUT2D eigenvalue weighted by molar-refractivity contribution is 0.0631. The average molecular weight is 428 g/mol. The highest BCUT2D eigenvalue weighted by molar-refractivity contribution is 5.98. The number of hydrogen-bond acceptors (Lipinski definition) is 3. The van der Waals surface area contributed by atoms with Gasteiger partial charge >= 0.3 is 0 Å². The number of nitrogens with one attached hydrogen (secondary N) is 1. The highest BCUT2D eigenvalue weighted by atomic mass is 16.2. The van der Waals surface area contributed by atoms with Crippen molar-refractivity contribution in [2.45, 2.75) is 44.2 Å². The molecule has 1 aromatic heterocycles. The molecule has 2 atom stereocenters. The summed E-state index contributed by atoms with van der Waals surface area (Å²) in [7, 11) is 0. The highest BCUT2D eigenvalue weighted by Gasteiger charge is 2.32. The number of aromatic nitrogens is 2. The van der Waals surface area contributed by atoms with E-state index in [1.807, 2.05) is 35.5 Å². The fraction of sp³-hybridized carbons (Fsp3) is 0.370. The summed E-state index contributed by atoms with van der Waals surface area (Å²) in [6.07, 6.45) is 9.81. The van der Waals surface area contributed by atoms with Gasteiger partial charge in [-0.3, -0.25) is 4.79 Å². The number of amides is 1. The van der Waals surface area contributed by atoms with E-state index in [0.29, 0.717) is 18.3 Å². The molecule has 1 amide bonds. The second-order valence-corrected chi connectivity index (χ2v) is 8.85. The molecule has 165 valence electrons. The molecule has 5 heteroatoms. The third-order valence-corrected chi connectivity index (χ3v) is 6.72. The van der Waals surface area contributed by atoms with E-state index in [1.54, 1.807) is 0 Å². The van der Waals surface area contributed by atoms with Gasteiger partial charge < -0.3 is 14.8 Å². The molecule has 0 bridgehead atoms. The summed E-state index contributed by atoms with van der Waals surface area (Å²) >= 11 is 0. The zero-order chi connectivity index (χ0) is 21.8. The molecular formula is C27H31N4O. The van der Waals surface area contributed by atoms with E-state index >= 15 is 0 Å². The number of imidazole rings is 1. The van der Waals surface area contributed by atoms with Crippen molar-refractivity contribution < 1.29 is 4.79 Å². The van der Waals surface area contributed by atoms with Gasteiger partial charge in [-0.05, 0) is 31.2 Å². The molecule has 0 unspecified atom stereocenters. The number of benzene rings is 2. The summed E-state index contributed by atoms with van der Waals surface area (Å²) in [5.41, 5.74) is 3.84. The molecule has 2 fully saturated rings. The maximum Gasteiger partial charge on any atom is 0.275 e. The summed E-state index contributed by atoms with van der Waals surface area (Å²) < 4.78 is 2.23. The summed E-state index contributed by atoms with van der Waals surface area (Å²) in [4.78, 5) is 20.7. The Morgan fingerprint density at radius 2 is 1.81 bits per heavy atom. The van der Waals surface area contributed by atoms with Crippen molar-refractivity contribution in [2.24, 2.45) is 0 Å². The van der Waals surface area contributed by atoms with Gasteiger partial charge in [0.1, 0.15) is 0 Å². The summed E-state index contributed by atoms with van der Waals surface area (Å²) in [6, 6.07) is 21.1. The molecule has 1 N–H and O–H groups in total. The van der Waals surface area contributed by atoms with Crippen LogP contribution < -0.4 is 5.32 Å². The van der Waals surface area contributed by atoms with E-state index in [0.717, 1.165) is 43.6 Å². The van der Waals surface area contributed by atoms with Gasteiger partial charge in [-0.15, -0.1) is 0 Å². The number of hydrogen-bond donors (Lipinski definition) is 1. The van der Waals surface area contributed by atoms with E-state index < -0.39 is 0 Å². The SMILES string of the molecule is O=C(c1ncn([C@H]2[CH]CCCC2)c1-c1ccccc1)N1CCNC[C@H]1Cc1ccccc1. The Bertz CT molecular complexity index is 1020. The second-order valence-electron chi connectivity index (χ2n) is 8.85. The third kappa shape index (κ3) is 4.35. The number of carbonyl (C=O) groups excluding carboxylic acids is 1. The first kappa shape index (κ1) is 21.0. The van der Waals surface area contributed by atoms with Crippen molar-refractivity contribution in [3.63, 3.8) is 0 Å². The fourth-order valence-corrected chi connectivity index (χ4v) is 5.06. The smallest absolute Gasteiger partial charge is 0.275 e. The molecule has 5 rings (SSSR count). The van der Waals surface area contributed by atoms with E-state index in [2.05, 4.69) is 52.7 Å². The van der Waals surface area contributed by atoms with Crippen molar-refractivity contribution in [3.05, 3.63) is 84.7 Å². The summed E-state index contributed by atoms with van der Waals surface area (Å²) in [5.74, 6) is 0.0424. The Labute approximate surface area is 190 Å². The number of carbonyl (C=O) groups is 1. The first-order valence-corrected chi connectivity index (χ1v) is 11.8. The van der Waals surface area contributed by atoms with Crippen LogP contribution in [0.15, 0.2) is 67.0 Å². The largest absolute Gasteiger partial charge is 0.331 e. The van der Waals surface area contributed by atoms with Crippen molar-refractivity contribution in [3.8, 4) is 11.3 Å². The summed E-state index contributed by atoms with van der Waals surface area (Å²) in [6.45, 7) is 2.32. The van der Waals surface area contributed by atoms with Crippen LogP contribution >= 0.6 is 0 Å². The maximum atomic E-state index is 13.9. The number of rotatable bonds is 5. The molecule has 1 saturated carbocycles. The molecular weight excluding hydrogens is 396 g/mol. The van der Waals surface area contributed by atoms with Gasteiger partial charge in [0, 0.05) is 37.3 Å². The molecule has 1 radical (unpaired) electrons. The van der Waals surface area contributed by atoms with E-state index in [-0.39, 0.29) is 11.9 Å². The number of nitrogens with zero attached hydrogens (tertiary/aromatic N) is 3. The van der Waals surface area contributed by atoms with Crippen LogP contribution in [0.2, 0.25) is 0 Å². The Hall–Kier alpha value is -2.92. The van der Waals surface area contributed by atoms with Crippen LogP contribution in [0.1, 0.15) is 47.8 Å². The van der Waals surface area contributed by atoms with E-state index in [4.69, 9.17) is 4.98 Å². The lowest BCUT2D eigenvalue weighted by atomic mass is 9.94. The van der Waals surface area contributed by atoms with Gasteiger partial charge in [-0.2, -0.15) is 0 Å². The molecule has 1 saturated heterocycles. The molecule has 1 aliphatic heterocycles. The molecule has 0 spiro atoms. The van der Waals surface area contributed by atoms with Crippen LogP contribution in [0.3, 0.4) is 0 Å². The summed E-state index contributed by atoms with van der Waals surface area (Å²) in [5, 5.41) is 3.47. The minimum Gasteiger partial charge on any atom is -0.331 e. The minimum absolute atomic E-state index is 0.0424. The molecule has 2 aromatic carbocycles. The quantitative estimate of drug-likeness (QED) is 0.651. The average Bonchev–Trinajstić information content (AvgIpc) is 3.31. The van der Waals surface area contributed by atoms with Crippen LogP contribution in [0.4, 0.5) is 0 Å². The molecule has 1 aliphatic carbocycles. The van der Waals surface area contributed by atoms with Gasteiger partial charge in [-0.1, -0.05) is 73.5 Å². The first-order chi connectivity index (χ1) is 15.8. The van der Waals surface area contributed by atoms with Gasteiger partial charge in [-0.25, -0.2) is 4.98 Å². The molecule has 5 nitrogen and oxygen atoms in total. The van der Waals surface area contributed by atoms with Crippen molar-refractivity contribution >= 4 is 5.91 Å². The van der Waals surface area contributed by atoms with Crippen LogP contribution in [-0.4, -0.2) is 46.0 Å². The van der Waals surface area contributed by atoms with Gasteiger partial charge in [0.2, 0.25) is 0 Å². The van der Waals surface area contributed by atoms with Crippen LogP contribution in [-0.2, 0) is 6.42 Å². The van der Waals surface area contributed by atoms with Crippen molar-refractivity contribution in [1.29, 1.82) is 0 Å². The molecule has 3 aromatic rings. The fourth-order valence-electron chi connectivity index (χ4n) is 5.06. The monoisotopic (exact) mass is 427 g/mol. The van der Waals surface area contributed by atoms with Crippen LogP contribution in [0, 0.1) is 6.42 Å². The minimum atomic E-state index is 0.0424. The van der Waals surface area contributed by atoms with Gasteiger partial charge in [0.15, 0.2) is 5.69 Å². The highest BCUT2D eigenvalue weighted by Crippen LogP contribution is 2.34. The number of piperazine rings is 1. The van der Waals surface area contributed by atoms with E-state index in [9.17, 15) is 4.79 Å². The lowest BCUT2D eigenvalue weighted by Gasteiger charge is -2.36.